The van der Waals surface area contributed by atoms with Crippen molar-refractivity contribution in [2.75, 3.05) is 0 Å². The van der Waals surface area contributed by atoms with Crippen LogP contribution in [0, 0.1) is 5.92 Å². The largest absolute Gasteiger partial charge is 0.333 e. The van der Waals surface area contributed by atoms with Crippen LogP contribution in [0.2, 0.25) is 0 Å². The molecule has 1 aliphatic rings. The molecule has 0 fully saturated rings. The van der Waals surface area contributed by atoms with Crippen LogP contribution < -0.4 is 0 Å². The normalized spacial score (nSPS) is 20.9. The molecular formula is C20H17NO. The van der Waals surface area contributed by atoms with Crippen LogP contribution in [0.15, 0.2) is 66.7 Å². The van der Waals surface area contributed by atoms with Crippen LogP contribution in [-0.4, -0.2) is 10.4 Å². The molecule has 2 aromatic carbocycles. The Kier molecular flexibility index (Phi) is 2.97. The third-order valence-corrected chi connectivity index (χ3v) is 4.54. The van der Waals surface area contributed by atoms with Crippen LogP contribution in [0.1, 0.15) is 24.2 Å². The van der Waals surface area contributed by atoms with Gasteiger partial charge in [-0.1, -0.05) is 55.5 Å². The third-order valence-electron chi connectivity index (χ3n) is 4.54. The molecular weight excluding hydrogens is 270 g/mol. The van der Waals surface area contributed by atoms with E-state index in [1.54, 1.807) is 6.08 Å². The third kappa shape index (κ3) is 1.92. The van der Waals surface area contributed by atoms with E-state index in [1.165, 1.54) is 16.5 Å². The standard InChI is InChI=1S/C20H17NO/c1-14-19(22)12-11-17-13-16-9-5-6-10-18(16)21(17)20(14)15-7-3-2-4-8-15/h2-14,20H,1H3. The number of fused-ring (bicyclic) bond motifs is 3. The molecule has 22 heavy (non-hydrogen) atoms. The minimum atomic E-state index is -0.0873. The Morgan fingerprint density at radius 2 is 1.64 bits per heavy atom. The van der Waals surface area contributed by atoms with E-state index in [0.717, 1.165) is 5.69 Å². The number of carbonyl (C=O) groups excluding carboxylic acids is 1. The van der Waals surface area contributed by atoms with Gasteiger partial charge in [0, 0.05) is 22.5 Å². The summed E-state index contributed by atoms with van der Waals surface area (Å²) in [6, 6.07) is 20.9. The average molecular weight is 287 g/mol. The number of para-hydroxylation sites is 1. The van der Waals surface area contributed by atoms with Crippen LogP contribution in [0.3, 0.4) is 0 Å². The van der Waals surface area contributed by atoms with E-state index in [2.05, 4.69) is 47.0 Å². The molecule has 0 amide bonds. The number of ketones is 1. The number of carbonyl (C=O) groups is 1. The van der Waals surface area contributed by atoms with Gasteiger partial charge in [-0.15, -0.1) is 0 Å². The highest BCUT2D eigenvalue weighted by Crippen LogP contribution is 2.36. The zero-order valence-corrected chi connectivity index (χ0v) is 12.4. The molecule has 2 heteroatoms. The van der Waals surface area contributed by atoms with Crippen LogP contribution in [-0.2, 0) is 4.79 Å². The molecule has 4 rings (SSSR count). The molecule has 2 nitrogen and oxygen atoms in total. The Hall–Kier alpha value is -2.61. The maximum atomic E-state index is 12.4. The summed E-state index contributed by atoms with van der Waals surface area (Å²) in [6.45, 7) is 2.02. The average Bonchev–Trinajstić information content (AvgIpc) is 2.87. The van der Waals surface area contributed by atoms with E-state index in [9.17, 15) is 4.79 Å². The predicted octanol–water partition coefficient (Wildman–Crippen LogP) is 4.46. The molecule has 0 N–H and O–H groups in total. The molecule has 0 saturated carbocycles. The van der Waals surface area contributed by atoms with E-state index in [-0.39, 0.29) is 17.7 Å². The van der Waals surface area contributed by atoms with Crippen molar-refractivity contribution in [2.24, 2.45) is 5.92 Å². The van der Waals surface area contributed by atoms with Crippen molar-refractivity contribution in [3.8, 4) is 0 Å². The first-order chi connectivity index (χ1) is 10.8. The van der Waals surface area contributed by atoms with Gasteiger partial charge in [-0.2, -0.15) is 0 Å². The molecule has 108 valence electrons. The van der Waals surface area contributed by atoms with Crippen molar-refractivity contribution in [2.45, 2.75) is 13.0 Å². The quantitative estimate of drug-likeness (QED) is 0.647. The fourth-order valence-electron chi connectivity index (χ4n) is 3.42. The van der Waals surface area contributed by atoms with Gasteiger partial charge in [-0.25, -0.2) is 0 Å². The predicted molar refractivity (Wildman–Crippen MR) is 89.7 cm³/mol. The highest BCUT2D eigenvalue weighted by Gasteiger charge is 2.30. The first kappa shape index (κ1) is 13.1. The summed E-state index contributed by atoms with van der Waals surface area (Å²) >= 11 is 0. The number of rotatable bonds is 1. The summed E-state index contributed by atoms with van der Waals surface area (Å²) in [5.74, 6) is 0.0948. The van der Waals surface area contributed by atoms with E-state index in [1.807, 2.05) is 31.2 Å². The topological polar surface area (TPSA) is 22.0 Å². The lowest BCUT2D eigenvalue weighted by Gasteiger charge is -2.25. The van der Waals surface area contributed by atoms with Crippen LogP contribution in [0.4, 0.5) is 0 Å². The van der Waals surface area contributed by atoms with Gasteiger partial charge >= 0.3 is 0 Å². The van der Waals surface area contributed by atoms with Crippen molar-refractivity contribution in [3.63, 3.8) is 0 Å². The van der Waals surface area contributed by atoms with Gasteiger partial charge in [0.2, 0.25) is 0 Å². The molecule has 1 aliphatic heterocycles. The minimum Gasteiger partial charge on any atom is -0.333 e. The second-order valence-corrected chi connectivity index (χ2v) is 5.88. The van der Waals surface area contributed by atoms with Crippen molar-refractivity contribution in [1.29, 1.82) is 0 Å². The van der Waals surface area contributed by atoms with E-state index in [0.29, 0.717) is 0 Å². The number of hydrogen-bond donors (Lipinski definition) is 0. The van der Waals surface area contributed by atoms with Crippen molar-refractivity contribution < 1.29 is 4.79 Å². The summed E-state index contributed by atoms with van der Waals surface area (Å²) < 4.78 is 2.30. The minimum absolute atomic E-state index is 0.0265. The fourth-order valence-corrected chi connectivity index (χ4v) is 3.42. The highest BCUT2D eigenvalue weighted by molar-refractivity contribution is 5.98. The molecule has 3 aromatic rings. The van der Waals surface area contributed by atoms with E-state index in [4.69, 9.17) is 0 Å². The fraction of sp³-hybridized carbons (Fsp3) is 0.150. The van der Waals surface area contributed by atoms with Gasteiger partial charge in [0.25, 0.3) is 0 Å². The molecule has 2 unspecified atom stereocenters. The second kappa shape index (κ2) is 4.99. The Balaban J connectivity index is 2.03. The van der Waals surface area contributed by atoms with Gasteiger partial charge in [0.1, 0.15) is 0 Å². The summed E-state index contributed by atoms with van der Waals surface area (Å²) in [5.41, 5.74) is 3.44. The highest BCUT2D eigenvalue weighted by atomic mass is 16.1. The number of allylic oxidation sites excluding steroid dienone is 1. The van der Waals surface area contributed by atoms with Crippen molar-refractivity contribution >= 4 is 22.8 Å². The monoisotopic (exact) mass is 287 g/mol. The lowest BCUT2D eigenvalue weighted by molar-refractivity contribution is -0.118. The van der Waals surface area contributed by atoms with E-state index >= 15 is 0 Å². The Bertz CT molecular complexity index is 873. The van der Waals surface area contributed by atoms with Gasteiger partial charge in [0.15, 0.2) is 5.78 Å². The van der Waals surface area contributed by atoms with E-state index < -0.39 is 0 Å². The number of hydrogen-bond acceptors (Lipinski definition) is 1. The summed E-state index contributed by atoms with van der Waals surface area (Å²) in [4.78, 5) is 12.4. The summed E-state index contributed by atoms with van der Waals surface area (Å²) in [6.07, 6.45) is 3.67. The zero-order valence-electron chi connectivity index (χ0n) is 12.4. The van der Waals surface area contributed by atoms with Crippen molar-refractivity contribution in [3.05, 3.63) is 78.0 Å². The van der Waals surface area contributed by atoms with Crippen molar-refractivity contribution in [1.82, 2.24) is 4.57 Å². The maximum absolute atomic E-state index is 12.4. The SMILES string of the molecule is CC1C(=O)C=Cc2cc3ccccc3n2C1c1ccccc1. The molecule has 1 aromatic heterocycles. The Labute approximate surface area is 129 Å². The lowest BCUT2D eigenvalue weighted by Crippen LogP contribution is -2.23. The number of benzene rings is 2. The first-order valence-electron chi connectivity index (χ1n) is 7.62. The van der Waals surface area contributed by atoms with Gasteiger partial charge < -0.3 is 4.57 Å². The maximum Gasteiger partial charge on any atom is 0.160 e. The summed E-state index contributed by atoms with van der Waals surface area (Å²) in [7, 11) is 0. The Morgan fingerprint density at radius 3 is 2.45 bits per heavy atom. The van der Waals surface area contributed by atoms with Crippen LogP contribution in [0.25, 0.3) is 17.0 Å². The molecule has 0 radical (unpaired) electrons. The number of nitrogens with zero attached hydrogens (tertiary/aromatic N) is 1. The molecule has 0 saturated heterocycles. The van der Waals surface area contributed by atoms with Gasteiger partial charge in [-0.3, -0.25) is 4.79 Å². The van der Waals surface area contributed by atoms with Crippen LogP contribution >= 0.6 is 0 Å². The first-order valence-corrected chi connectivity index (χ1v) is 7.62. The second-order valence-electron chi connectivity index (χ2n) is 5.88. The molecule has 0 spiro atoms. The molecule has 2 atom stereocenters. The van der Waals surface area contributed by atoms with Gasteiger partial charge in [-0.05, 0) is 29.8 Å². The number of aromatic nitrogens is 1. The Morgan fingerprint density at radius 1 is 0.909 bits per heavy atom. The molecule has 0 bridgehead atoms. The summed E-state index contributed by atoms with van der Waals surface area (Å²) in [5, 5.41) is 1.21. The zero-order chi connectivity index (χ0) is 15.1. The smallest absolute Gasteiger partial charge is 0.160 e. The lowest BCUT2D eigenvalue weighted by atomic mass is 9.91. The van der Waals surface area contributed by atoms with Gasteiger partial charge in [0.05, 0.1) is 6.04 Å². The van der Waals surface area contributed by atoms with Crippen LogP contribution in [0.5, 0.6) is 0 Å². The molecule has 2 heterocycles. The molecule has 0 aliphatic carbocycles.